The Morgan fingerprint density at radius 3 is 2.79 bits per heavy atom. The summed E-state index contributed by atoms with van der Waals surface area (Å²) < 4.78 is 5.96. The molecular weight excluding hydrogens is 360 g/mol. The summed E-state index contributed by atoms with van der Waals surface area (Å²) in [6.45, 7) is 4.50. The second-order valence-electron chi connectivity index (χ2n) is 7.60. The molecule has 0 saturated carbocycles. The molecule has 1 N–H and O–H groups in total. The van der Waals surface area contributed by atoms with Crippen LogP contribution in [0.4, 0.5) is 5.69 Å². The first kappa shape index (κ1) is 19.3. The molecule has 29 heavy (non-hydrogen) atoms. The molecule has 1 aliphatic heterocycles. The Hall–Kier alpha value is -3.01. The van der Waals surface area contributed by atoms with Crippen molar-refractivity contribution in [3.8, 4) is 5.75 Å². The van der Waals surface area contributed by atoms with Crippen LogP contribution in [0.25, 0.3) is 10.8 Å². The molecule has 0 aliphatic carbocycles. The van der Waals surface area contributed by atoms with E-state index >= 15 is 0 Å². The molecule has 1 atom stereocenters. The predicted octanol–water partition coefficient (Wildman–Crippen LogP) is 4.57. The van der Waals surface area contributed by atoms with E-state index < -0.39 is 6.10 Å². The average Bonchev–Trinajstić information content (AvgIpc) is 2.77. The van der Waals surface area contributed by atoms with Gasteiger partial charge in [-0.3, -0.25) is 4.79 Å². The Morgan fingerprint density at radius 2 is 1.86 bits per heavy atom. The lowest BCUT2D eigenvalue weighted by Gasteiger charge is -2.31. The summed E-state index contributed by atoms with van der Waals surface area (Å²) in [7, 11) is 0. The smallest absolute Gasteiger partial charge is 0.260 e. The Balaban J connectivity index is 1.27. The number of nitrogens with one attached hydrogen (secondary N) is 1. The molecule has 4 rings (SSSR count). The number of amides is 1. The number of benzene rings is 3. The molecule has 150 valence electrons. The number of ether oxygens (including phenoxy) is 1. The Bertz CT molecular complexity index is 980. The third kappa shape index (κ3) is 4.53. The zero-order valence-electron chi connectivity index (χ0n) is 16.9. The van der Waals surface area contributed by atoms with Crippen molar-refractivity contribution in [1.82, 2.24) is 5.32 Å². The first-order valence-electron chi connectivity index (χ1n) is 10.5. The van der Waals surface area contributed by atoms with Crippen LogP contribution in [0, 0.1) is 0 Å². The van der Waals surface area contributed by atoms with Crippen molar-refractivity contribution < 1.29 is 9.53 Å². The highest BCUT2D eigenvalue weighted by molar-refractivity contribution is 5.89. The van der Waals surface area contributed by atoms with Crippen LogP contribution in [-0.2, 0) is 11.2 Å². The van der Waals surface area contributed by atoms with E-state index in [1.165, 1.54) is 17.7 Å². The van der Waals surface area contributed by atoms with Gasteiger partial charge in [-0.05, 0) is 49.3 Å². The summed E-state index contributed by atoms with van der Waals surface area (Å²) in [5.41, 5.74) is 2.78. The van der Waals surface area contributed by atoms with E-state index in [0.29, 0.717) is 6.54 Å². The van der Waals surface area contributed by atoms with E-state index in [1.807, 2.05) is 42.5 Å². The van der Waals surface area contributed by atoms with Gasteiger partial charge in [0, 0.05) is 30.7 Å². The summed E-state index contributed by atoms with van der Waals surface area (Å²) >= 11 is 0. The minimum absolute atomic E-state index is 0.0722. The normalized spacial score (nSPS) is 14.3. The van der Waals surface area contributed by atoms with E-state index in [1.54, 1.807) is 6.92 Å². The van der Waals surface area contributed by atoms with Crippen LogP contribution >= 0.6 is 0 Å². The highest BCUT2D eigenvalue weighted by Gasteiger charge is 2.17. The largest absolute Gasteiger partial charge is 0.480 e. The molecule has 1 amide bonds. The zero-order chi connectivity index (χ0) is 20.1. The van der Waals surface area contributed by atoms with Crippen molar-refractivity contribution in [1.29, 1.82) is 0 Å². The fourth-order valence-corrected chi connectivity index (χ4v) is 4.01. The molecule has 0 aromatic heterocycles. The first-order chi connectivity index (χ1) is 14.2. The Kier molecular flexibility index (Phi) is 5.99. The highest BCUT2D eigenvalue weighted by Crippen LogP contribution is 2.27. The molecule has 4 heteroatoms. The molecule has 4 nitrogen and oxygen atoms in total. The van der Waals surface area contributed by atoms with Gasteiger partial charge in [-0.25, -0.2) is 0 Å². The van der Waals surface area contributed by atoms with Crippen LogP contribution in [0.2, 0.25) is 0 Å². The van der Waals surface area contributed by atoms with Gasteiger partial charge in [0.05, 0.1) is 0 Å². The molecular formula is C25H28N2O2. The zero-order valence-corrected chi connectivity index (χ0v) is 16.9. The first-order valence-corrected chi connectivity index (χ1v) is 10.5. The van der Waals surface area contributed by atoms with Crippen molar-refractivity contribution in [2.45, 2.75) is 32.3 Å². The lowest BCUT2D eigenvalue weighted by atomic mass is 10.0. The molecule has 0 saturated heterocycles. The number of rotatable bonds is 7. The number of hydrogen-bond donors (Lipinski definition) is 1. The minimum Gasteiger partial charge on any atom is -0.480 e. The number of nitrogens with zero attached hydrogens (tertiary/aromatic N) is 1. The number of carbonyl (C=O) groups is 1. The van der Waals surface area contributed by atoms with Crippen molar-refractivity contribution in [3.63, 3.8) is 0 Å². The van der Waals surface area contributed by atoms with Crippen LogP contribution in [-0.4, -0.2) is 31.6 Å². The molecule has 3 aromatic carbocycles. The quantitative estimate of drug-likeness (QED) is 0.603. The molecule has 1 aliphatic rings. The van der Waals surface area contributed by atoms with E-state index in [2.05, 4.69) is 34.5 Å². The summed E-state index contributed by atoms with van der Waals surface area (Å²) in [4.78, 5) is 14.9. The fourth-order valence-electron chi connectivity index (χ4n) is 4.01. The van der Waals surface area contributed by atoms with Gasteiger partial charge < -0.3 is 15.0 Å². The summed E-state index contributed by atoms with van der Waals surface area (Å²) in [5, 5.41) is 5.16. The monoisotopic (exact) mass is 388 g/mol. The molecule has 0 radical (unpaired) electrons. The topological polar surface area (TPSA) is 41.6 Å². The molecule has 0 bridgehead atoms. The third-order valence-corrected chi connectivity index (χ3v) is 5.53. The molecule has 0 unspecified atom stereocenters. The number of aryl methyl sites for hydroxylation is 1. The van der Waals surface area contributed by atoms with Crippen LogP contribution in [0.3, 0.4) is 0 Å². The SMILES string of the molecule is C[C@@H](Oc1cccc2ccccc12)C(=O)NCCCN1CCCc2ccccc21. The summed E-state index contributed by atoms with van der Waals surface area (Å²) in [6, 6.07) is 22.6. The maximum atomic E-state index is 12.5. The van der Waals surface area contributed by atoms with Gasteiger partial charge in [-0.15, -0.1) is 0 Å². The Labute approximate surface area is 172 Å². The number of para-hydroxylation sites is 1. The lowest BCUT2D eigenvalue weighted by molar-refractivity contribution is -0.127. The van der Waals surface area contributed by atoms with Crippen molar-refractivity contribution >= 4 is 22.4 Å². The van der Waals surface area contributed by atoms with Gasteiger partial charge in [0.25, 0.3) is 5.91 Å². The number of fused-ring (bicyclic) bond motifs is 2. The minimum atomic E-state index is -0.531. The average molecular weight is 389 g/mol. The number of hydrogen-bond acceptors (Lipinski definition) is 3. The van der Waals surface area contributed by atoms with E-state index in [9.17, 15) is 4.79 Å². The molecule has 0 spiro atoms. The Morgan fingerprint density at radius 1 is 1.07 bits per heavy atom. The number of anilines is 1. The predicted molar refractivity (Wildman–Crippen MR) is 119 cm³/mol. The fraction of sp³-hybridized carbons (Fsp3) is 0.320. The van der Waals surface area contributed by atoms with Crippen molar-refractivity contribution in [3.05, 3.63) is 72.3 Å². The third-order valence-electron chi connectivity index (χ3n) is 5.53. The van der Waals surface area contributed by atoms with Gasteiger partial charge in [0.2, 0.25) is 0 Å². The molecule has 1 heterocycles. The van der Waals surface area contributed by atoms with Crippen LogP contribution in [0.15, 0.2) is 66.7 Å². The second kappa shape index (κ2) is 8.99. The van der Waals surface area contributed by atoms with Crippen LogP contribution < -0.4 is 15.0 Å². The maximum Gasteiger partial charge on any atom is 0.260 e. The van der Waals surface area contributed by atoms with Gasteiger partial charge in [-0.1, -0.05) is 54.6 Å². The highest BCUT2D eigenvalue weighted by atomic mass is 16.5. The molecule has 0 fully saturated rings. The molecule has 3 aromatic rings. The second-order valence-corrected chi connectivity index (χ2v) is 7.60. The van der Waals surface area contributed by atoms with E-state index in [-0.39, 0.29) is 5.91 Å². The van der Waals surface area contributed by atoms with Gasteiger partial charge in [0.1, 0.15) is 5.75 Å². The van der Waals surface area contributed by atoms with Gasteiger partial charge in [0.15, 0.2) is 6.10 Å². The van der Waals surface area contributed by atoms with Gasteiger partial charge in [-0.2, -0.15) is 0 Å². The standard InChI is InChI=1S/C25H28N2O2/c1-19(29-24-15-6-11-20-9-2-4-13-22(20)24)25(28)26-16-8-18-27-17-7-12-21-10-3-5-14-23(21)27/h2-6,9-11,13-15,19H,7-8,12,16-18H2,1H3,(H,26,28)/t19-/m1/s1. The van der Waals surface area contributed by atoms with E-state index in [4.69, 9.17) is 4.74 Å². The van der Waals surface area contributed by atoms with Crippen LogP contribution in [0.1, 0.15) is 25.3 Å². The number of carbonyl (C=O) groups excluding carboxylic acids is 1. The van der Waals surface area contributed by atoms with Crippen LogP contribution in [0.5, 0.6) is 5.75 Å². The van der Waals surface area contributed by atoms with Crippen molar-refractivity contribution in [2.75, 3.05) is 24.5 Å². The van der Waals surface area contributed by atoms with Gasteiger partial charge >= 0.3 is 0 Å². The summed E-state index contributed by atoms with van der Waals surface area (Å²) in [6.07, 6.45) is 2.74. The lowest BCUT2D eigenvalue weighted by Crippen LogP contribution is -2.38. The van der Waals surface area contributed by atoms with E-state index in [0.717, 1.165) is 42.5 Å². The summed E-state index contributed by atoms with van der Waals surface area (Å²) in [5.74, 6) is 0.674. The van der Waals surface area contributed by atoms with Crippen molar-refractivity contribution in [2.24, 2.45) is 0 Å². The maximum absolute atomic E-state index is 12.5.